The Morgan fingerprint density at radius 1 is 0.857 bits per heavy atom. The van der Waals surface area contributed by atoms with Crippen molar-refractivity contribution in [2.75, 3.05) is 15.9 Å². The molecule has 0 aliphatic heterocycles. The van der Waals surface area contributed by atoms with Crippen LogP contribution in [-0.2, 0) is 14.8 Å². The standard InChI is InChI=1S/C27H31N3O4S/c1-18-15-16-23(17-19(18)2)30(35(5,33)34)21(4)26(31)29-25-14-10-9-13-24(25)27(32)28-20(3)22-11-7-6-8-12-22/h6-17,20-21H,1-5H3,(H,28,32)(H,29,31)/t20-,21-/m0/s1. The lowest BCUT2D eigenvalue weighted by Gasteiger charge is -2.29. The third-order valence-electron chi connectivity index (χ3n) is 5.91. The first kappa shape index (κ1) is 26.0. The van der Waals surface area contributed by atoms with Gasteiger partial charge >= 0.3 is 0 Å². The van der Waals surface area contributed by atoms with Crippen LogP contribution < -0.4 is 14.9 Å². The molecule has 7 nitrogen and oxygen atoms in total. The first-order valence-electron chi connectivity index (χ1n) is 11.3. The maximum atomic E-state index is 13.2. The number of aryl methyl sites for hydroxylation is 2. The van der Waals surface area contributed by atoms with Crippen molar-refractivity contribution in [2.24, 2.45) is 0 Å². The van der Waals surface area contributed by atoms with E-state index >= 15 is 0 Å². The van der Waals surface area contributed by atoms with Crippen molar-refractivity contribution < 1.29 is 18.0 Å². The van der Waals surface area contributed by atoms with Crippen molar-refractivity contribution in [1.29, 1.82) is 0 Å². The Labute approximate surface area is 207 Å². The quantitative estimate of drug-likeness (QED) is 0.480. The molecule has 3 aromatic rings. The van der Waals surface area contributed by atoms with Crippen molar-refractivity contribution in [2.45, 2.75) is 39.8 Å². The number of carbonyl (C=O) groups is 2. The number of nitrogens with one attached hydrogen (secondary N) is 2. The lowest BCUT2D eigenvalue weighted by molar-refractivity contribution is -0.116. The minimum atomic E-state index is -3.76. The van der Waals surface area contributed by atoms with Gasteiger partial charge in [0.15, 0.2) is 0 Å². The van der Waals surface area contributed by atoms with Crippen molar-refractivity contribution in [3.05, 3.63) is 95.1 Å². The second kappa shape index (κ2) is 10.7. The van der Waals surface area contributed by atoms with E-state index in [2.05, 4.69) is 10.6 Å². The summed E-state index contributed by atoms with van der Waals surface area (Å²) in [4.78, 5) is 26.2. The van der Waals surface area contributed by atoms with Gasteiger partial charge in [0.05, 0.1) is 29.2 Å². The van der Waals surface area contributed by atoms with E-state index in [0.29, 0.717) is 11.4 Å². The summed E-state index contributed by atoms with van der Waals surface area (Å²) in [5.41, 5.74) is 3.87. The highest BCUT2D eigenvalue weighted by Gasteiger charge is 2.30. The Hall–Kier alpha value is -3.65. The van der Waals surface area contributed by atoms with Crippen LogP contribution in [0.25, 0.3) is 0 Å². The van der Waals surface area contributed by atoms with Gasteiger partial charge in [-0.2, -0.15) is 0 Å². The number of hydrogen-bond donors (Lipinski definition) is 2. The van der Waals surface area contributed by atoms with Crippen LogP contribution >= 0.6 is 0 Å². The van der Waals surface area contributed by atoms with E-state index in [1.165, 1.54) is 6.92 Å². The van der Waals surface area contributed by atoms with Gasteiger partial charge in [-0.1, -0.05) is 48.5 Å². The molecule has 3 aromatic carbocycles. The zero-order valence-electron chi connectivity index (χ0n) is 20.6. The van der Waals surface area contributed by atoms with E-state index < -0.39 is 22.0 Å². The summed E-state index contributed by atoms with van der Waals surface area (Å²) in [6.07, 6.45) is 1.07. The molecule has 0 radical (unpaired) electrons. The minimum absolute atomic E-state index is 0.239. The summed E-state index contributed by atoms with van der Waals surface area (Å²) < 4.78 is 26.4. The average molecular weight is 494 g/mol. The van der Waals surface area contributed by atoms with Gasteiger partial charge in [-0.3, -0.25) is 13.9 Å². The summed E-state index contributed by atoms with van der Waals surface area (Å²) in [7, 11) is -3.76. The maximum Gasteiger partial charge on any atom is 0.253 e. The van der Waals surface area contributed by atoms with Gasteiger partial charge in [-0.05, 0) is 68.7 Å². The minimum Gasteiger partial charge on any atom is -0.345 e. The van der Waals surface area contributed by atoms with Gasteiger partial charge in [0.25, 0.3) is 5.91 Å². The molecule has 0 aromatic heterocycles. The van der Waals surface area contributed by atoms with Crippen LogP contribution in [0.2, 0.25) is 0 Å². The Morgan fingerprint density at radius 3 is 2.11 bits per heavy atom. The third kappa shape index (κ3) is 6.27. The molecule has 0 fully saturated rings. The van der Waals surface area contributed by atoms with Crippen LogP contribution in [0.5, 0.6) is 0 Å². The molecule has 2 amide bonds. The highest BCUT2D eigenvalue weighted by Crippen LogP contribution is 2.25. The Balaban J connectivity index is 1.83. The SMILES string of the molecule is Cc1ccc(N([C@@H](C)C(=O)Nc2ccccc2C(=O)N[C@@H](C)c2ccccc2)S(C)(=O)=O)cc1C. The monoisotopic (exact) mass is 493 g/mol. The number of amides is 2. The molecule has 0 bridgehead atoms. The zero-order valence-corrected chi connectivity index (χ0v) is 21.4. The molecule has 2 atom stereocenters. The fourth-order valence-electron chi connectivity index (χ4n) is 3.80. The molecule has 35 heavy (non-hydrogen) atoms. The van der Waals surface area contributed by atoms with Crippen LogP contribution in [0, 0.1) is 13.8 Å². The lowest BCUT2D eigenvalue weighted by atomic mass is 10.1. The first-order valence-corrected chi connectivity index (χ1v) is 13.2. The van der Waals surface area contributed by atoms with E-state index in [1.807, 2.05) is 57.2 Å². The zero-order chi connectivity index (χ0) is 25.8. The second-order valence-electron chi connectivity index (χ2n) is 8.64. The largest absolute Gasteiger partial charge is 0.345 e. The van der Waals surface area contributed by atoms with Gasteiger partial charge in [-0.15, -0.1) is 0 Å². The molecule has 0 unspecified atom stereocenters. The Kier molecular flexibility index (Phi) is 7.96. The summed E-state index contributed by atoms with van der Waals surface area (Å²) in [6, 6.07) is 20.2. The van der Waals surface area contributed by atoms with Gasteiger partial charge in [0, 0.05) is 0 Å². The van der Waals surface area contributed by atoms with Crippen molar-refractivity contribution in [3.63, 3.8) is 0 Å². The van der Waals surface area contributed by atoms with Gasteiger partial charge in [0.2, 0.25) is 15.9 Å². The van der Waals surface area contributed by atoms with Crippen LogP contribution in [0.4, 0.5) is 11.4 Å². The summed E-state index contributed by atoms with van der Waals surface area (Å²) in [6.45, 7) is 7.21. The number of carbonyl (C=O) groups excluding carboxylic acids is 2. The number of rotatable bonds is 8. The van der Waals surface area contributed by atoms with Crippen LogP contribution in [0.15, 0.2) is 72.8 Å². The molecule has 0 aliphatic carbocycles. The fourth-order valence-corrected chi connectivity index (χ4v) is 4.96. The normalized spacial score (nSPS) is 12.9. The number of benzene rings is 3. The van der Waals surface area contributed by atoms with Crippen LogP contribution in [0.3, 0.4) is 0 Å². The van der Waals surface area contributed by atoms with Crippen molar-refractivity contribution >= 4 is 33.2 Å². The third-order valence-corrected chi connectivity index (χ3v) is 7.15. The first-order chi connectivity index (χ1) is 16.5. The van der Waals surface area contributed by atoms with E-state index in [9.17, 15) is 18.0 Å². The molecule has 2 N–H and O–H groups in total. The van der Waals surface area contributed by atoms with Gasteiger partial charge < -0.3 is 10.6 Å². The molecule has 0 aliphatic rings. The smallest absolute Gasteiger partial charge is 0.253 e. The van der Waals surface area contributed by atoms with E-state index in [1.54, 1.807) is 36.4 Å². The number of hydrogen-bond acceptors (Lipinski definition) is 4. The highest BCUT2D eigenvalue weighted by molar-refractivity contribution is 7.92. The van der Waals surface area contributed by atoms with Crippen molar-refractivity contribution in [3.8, 4) is 0 Å². The lowest BCUT2D eigenvalue weighted by Crippen LogP contribution is -2.45. The second-order valence-corrected chi connectivity index (χ2v) is 10.5. The predicted molar refractivity (Wildman–Crippen MR) is 140 cm³/mol. The van der Waals surface area contributed by atoms with E-state index in [0.717, 1.165) is 27.3 Å². The molecule has 0 heterocycles. The maximum absolute atomic E-state index is 13.2. The molecular weight excluding hydrogens is 462 g/mol. The number of para-hydroxylation sites is 1. The van der Waals surface area contributed by atoms with Crippen LogP contribution in [-0.4, -0.2) is 32.5 Å². The van der Waals surface area contributed by atoms with Gasteiger partial charge in [0.1, 0.15) is 6.04 Å². The summed E-state index contributed by atoms with van der Waals surface area (Å²) in [5, 5.41) is 5.69. The molecule has 0 spiro atoms. The molecule has 0 saturated heterocycles. The molecule has 8 heteroatoms. The number of nitrogens with zero attached hydrogens (tertiary/aromatic N) is 1. The van der Waals surface area contributed by atoms with Crippen molar-refractivity contribution in [1.82, 2.24) is 5.32 Å². The predicted octanol–water partition coefficient (Wildman–Crippen LogP) is 4.59. The summed E-state index contributed by atoms with van der Waals surface area (Å²) in [5.74, 6) is -0.899. The summed E-state index contributed by atoms with van der Waals surface area (Å²) >= 11 is 0. The molecule has 0 saturated carbocycles. The van der Waals surface area contributed by atoms with Gasteiger partial charge in [-0.25, -0.2) is 8.42 Å². The van der Waals surface area contributed by atoms with Crippen LogP contribution in [0.1, 0.15) is 46.9 Å². The molecule has 3 rings (SSSR count). The molecule has 184 valence electrons. The molecular formula is C27H31N3O4S. The van der Waals surface area contributed by atoms with E-state index in [-0.39, 0.29) is 17.5 Å². The Morgan fingerprint density at radius 2 is 1.49 bits per heavy atom. The highest BCUT2D eigenvalue weighted by atomic mass is 32.2. The fraction of sp³-hybridized carbons (Fsp3) is 0.259. The Bertz CT molecular complexity index is 1320. The van der Waals surface area contributed by atoms with E-state index in [4.69, 9.17) is 0 Å². The topological polar surface area (TPSA) is 95.6 Å². The average Bonchev–Trinajstić information content (AvgIpc) is 2.81. The number of anilines is 2. The number of sulfonamides is 1.